The van der Waals surface area contributed by atoms with Gasteiger partial charge in [-0.2, -0.15) is 0 Å². The Morgan fingerprint density at radius 2 is 1.67 bits per heavy atom. The van der Waals surface area contributed by atoms with Gasteiger partial charge in [-0.3, -0.25) is 9.59 Å². The summed E-state index contributed by atoms with van der Waals surface area (Å²) in [6.45, 7) is 3.70. The SMILES string of the molecule is CC(C)[C@@H](C(=O)OCC(=O)c1ccc2c(c1)CCCC2)c1ccc(Cl)cc1. The van der Waals surface area contributed by atoms with Crippen LogP contribution in [0.5, 0.6) is 0 Å². The zero-order valence-corrected chi connectivity index (χ0v) is 16.6. The second-order valence-electron chi connectivity index (χ2n) is 7.49. The highest BCUT2D eigenvalue weighted by Crippen LogP contribution is 2.27. The van der Waals surface area contributed by atoms with Gasteiger partial charge in [-0.25, -0.2) is 0 Å². The summed E-state index contributed by atoms with van der Waals surface area (Å²) < 4.78 is 5.39. The van der Waals surface area contributed by atoms with Crippen LogP contribution in [0.1, 0.15) is 59.7 Å². The lowest BCUT2D eigenvalue weighted by atomic mass is 9.88. The molecule has 0 saturated carbocycles. The first-order valence-electron chi connectivity index (χ1n) is 9.53. The van der Waals surface area contributed by atoms with Gasteiger partial charge in [0.25, 0.3) is 0 Å². The smallest absolute Gasteiger partial charge is 0.314 e. The van der Waals surface area contributed by atoms with E-state index < -0.39 is 5.92 Å². The number of hydrogen-bond donors (Lipinski definition) is 0. The first kappa shape index (κ1) is 19.6. The van der Waals surface area contributed by atoms with Gasteiger partial charge in [-0.05, 0) is 66.5 Å². The molecular formula is C23H25ClO3. The van der Waals surface area contributed by atoms with Gasteiger partial charge >= 0.3 is 5.97 Å². The molecule has 0 unspecified atom stereocenters. The molecule has 0 N–H and O–H groups in total. The maximum atomic E-state index is 12.6. The molecule has 27 heavy (non-hydrogen) atoms. The van der Waals surface area contributed by atoms with Crippen LogP contribution in [-0.4, -0.2) is 18.4 Å². The van der Waals surface area contributed by atoms with Gasteiger partial charge in [0, 0.05) is 10.6 Å². The first-order valence-corrected chi connectivity index (χ1v) is 9.90. The van der Waals surface area contributed by atoms with Gasteiger partial charge in [0.2, 0.25) is 0 Å². The molecule has 0 bridgehead atoms. The summed E-state index contributed by atoms with van der Waals surface area (Å²) in [6, 6.07) is 13.0. The van der Waals surface area contributed by atoms with Crippen LogP contribution in [0.25, 0.3) is 0 Å². The summed E-state index contributed by atoms with van der Waals surface area (Å²) in [5.41, 5.74) is 4.05. The summed E-state index contributed by atoms with van der Waals surface area (Å²) in [6.07, 6.45) is 4.47. The quantitative estimate of drug-likeness (QED) is 0.495. The third kappa shape index (κ3) is 4.78. The molecule has 0 spiro atoms. The van der Waals surface area contributed by atoms with E-state index in [0.29, 0.717) is 10.6 Å². The van der Waals surface area contributed by atoms with E-state index in [1.165, 1.54) is 17.5 Å². The number of carbonyl (C=O) groups is 2. The summed E-state index contributed by atoms with van der Waals surface area (Å²) in [5.74, 6) is -0.898. The molecule has 0 aromatic heterocycles. The van der Waals surface area contributed by atoms with Crippen molar-refractivity contribution in [2.24, 2.45) is 5.92 Å². The van der Waals surface area contributed by atoms with Gasteiger partial charge in [0.05, 0.1) is 5.92 Å². The van der Waals surface area contributed by atoms with Gasteiger partial charge < -0.3 is 4.74 Å². The summed E-state index contributed by atoms with van der Waals surface area (Å²) >= 11 is 5.94. The number of aryl methyl sites for hydroxylation is 2. The summed E-state index contributed by atoms with van der Waals surface area (Å²) in [4.78, 5) is 25.1. The average molecular weight is 385 g/mol. The highest BCUT2D eigenvalue weighted by molar-refractivity contribution is 6.30. The Bertz CT molecular complexity index is 824. The topological polar surface area (TPSA) is 43.4 Å². The van der Waals surface area contributed by atoms with E-state index >= 15 is 0 Å². The predicted octanol–water partition coefficient (Wildman–Crippen LogP) is 5.38. The van der Waals surface area contributed by atoms with Crippen molar-refractivity contribution in [2.45, 2.75) is 45.4 Å². The minimum atomic E-state index is -0.418. The molecular weight excluding hydrogens is 360 g/mol. The van der Waals surface area contributed by atoms with Gasteiger partial charge in [0.15, 0.2) is 12.4 Å². The lowest BCUT2D eigenvalue weighted by Crippen LogP contribution is -2.23. The molecule has 0 aliphatic heterocycles. The second kappa shape index (κ2) is 8.71. The number of ether oxygens (including phenoxy) is 1. The normalized spacial score (nSPS) is 14.5. The molecule has 0 radical (unpaired) electrons. The highest BCUT2D eigenvalue weighted by atomic mass is 35.5. The van der Waals surface area contributed by atoms with E-state index in [4.69, 9.17) is 16.3 Å². The Kier molecular flexibility index (Phi) is 6.33. The molecule has 0 fully saturated rings. The van der Waals surface area contributed by atoms with Crippen molar-refractivity contribution in [1.82, 2.24) is 0 Å². The number of Topliss-reactive ketones (excluding diaryl/α,β-unsaturated/α-hetero) is 1. The molecule has 1 aliphatic carbocycles. The Labute approximate surface area is 165 Å². The van der Waals surface area contributed by atoms with E-state index in [1.807, 2.05) is 44.2 Å². The number of rotatable bonds is 6. The largest absolute Gasteiger partial charge is 0.457 e. The fraction of sp³-hybridized carbons (Fsp3) is 0.391. The molecule has 2 aromatic carbocycles. The van der Waals surface area contributed by atoms with Crippen molar-refractivity contribution < 1.29 is 14.3 Å². The zero-order chi connectivity index (χ0) is 19.4. The Morgan fingerprint density at radius 1 is 1.00 bits per heavy atom. The lowest BCUT2D eigenvalue weighted by molar-refractivity contribution is -0.145. The van der Waals surface area contributed by atoms with Crippen molar-refractivity contribution in [3.05, 3.63) is 69.7 Å². The fourth-order valence-corrected chi connectivity index (χ4v) is 3.81. The number of esters is 1. The van der Waals surface area contributed by atoms with Crippen molar-refractivity contribution in [2.75, 3.05) is 6.61 Å². The van der Waals surface area contributed by atoms with Crippen LogP contribution in [0.3, 0.4) is 0 Å². The van der Waals surface area contributed by atoms with E-state index in [9.17, 15) is 9.59 Å². The maximum Gasteiger partial charge on any atom is 0.314 e. The van der Waals surface area contributed by atoms with E-state index in [-0.39, 0.29) is 24.3 Å². The van der Waals surface area contributed by atoms with Crippen LogP contribution >= 0.6 is 11.6 Å². The molecule has 0 amide bonds. The molecule has 1 aliphatic rings. The first-order chi connectivity index (χ1) is 13.0. The molecule has 1 atom stereocenters. The third-order valence-electron chi connectivity index (χ3n) is 5.17. The van der Waals surface area contributed by atoms with Crippen LogP contribution in [0.2, 0.25) is 5.02 Å². The molecule has 2 aromatic rings. The van der Waals surface area contributed by atoms with Crippen LogP contribution in [0, 0.1) is 5.92 Å². The Balaban J connectivity index is 1.66. The van der Waals surface area contributed by atoms with Crippen LogP contribution in [-0.2, 0) is 22.4 Å². The third-order valence-corrected chi connectivity index (χ3v) is 5.42. The summed E-state index contributed by atoms with van der Waals surface area (Å²) in [7, 11) is 0. The fourth-order valence-electron chi connectivity index (χ4n) is 3.68. The molecule has 0 saturated heterocycles. The molecule has 3 nitrogen and oxygen atoms in total. The number of carbonyl (C=O) groups excluding carboxylic acids is 2. The van der Waals surface area contributed by atoms with Crippen molar-refractivity contribution in [1.29, 1.82) is 0 Å². The van der Waals surface area contributed by atoms with Crippen LogP contribution < -0.4 is 0 Å². The van der Waals surface area contributed by atoms with Crippen LogP contribution in [0.4, 0.5) is 0 Å². The second-order valence-corrected chi connectivity index (χ2v) is 7.93. The number of hydrogen-bond acceptors (Lipinski definition) is 3. The van der Waals surface area contributed by atoms with E-state index in [1.54, 1.807) is 12.1 Å². The number of benzene rings is 2. The molecule has 3 rings (SSSR count). The maximum absolute atomic E-state index is 12.6. The minimum absolute atomic E-state index is 0.0533. The van der Waals surface area contributed by atoms with Gasteiger partial charge in [-0.1, -0.05) is 49.7 Å². The van der Waals surface area contributed by atoms with Crippen molar-refractivity contribution in [3.8, 4) is 0 Å². The van der Waals surface area contributed by atoms with Crippen molar-refractivity contribution in [3.63, 3.8) is 0 Å². The van der Waals surface area contributed by atoms with E-state index in [2.05, 4.69) is 0 Å². The zero-order valence-electron chi connectivity index (χ0n) is 15.8. The highest BCUT2D eigenvalue weighted by Gasteiger charge is 2.26. The average Bonchev–Trinajstić information content (AvgIpc) is 2.67. The number of ketones is 1. The van der Waals surface area contributed by atoms with Crippen molar-refractivity contribution >= 4 is 23.4 Å². The lowest BCUT2D eigenvalue weighted by Gasteiger charge is -2.20. The molecule has 142 valence electrons. The molecule has 0 heterocycles. The monoisotopic (exact) mass is 384 g/mol. The standard InChI is InChI=1S/C23H25ClO3/c1-15(2)22(17-9-11-20(24)12-10-17)23(26)27-14-21(25)19-8-7-16-5-3-4-6-18(16)13-19/h7-13,15,22H,3-6,14H2,1-2H3/t22-/m1/s1. The Hall–Kier alpha value is -2.13. The summed E-state index contributed by atoms with van der Waals surface area (Å²) in [5, 5.41) is 0.622. The predicted molar refractivity (Wildman–Crippen MR) is 107 cm³/mol. The number of halogens is 1. The van der Waals surface area contributed by atoms with Crippen LogP contribution in [0.15, 0.2) is 42.5 Å². The minimum Gasteiger partial charge on any atom is -0.457 e. The van der Waals surface area contributed by atoms with Gasteiger partial charge in [-0.15, -0.1) is 0 Å². The van der Waals surface area contributed by atoms with Gasteiger partial charge in [0.1, 0.15) is 0 Å². The number of fused-ring (bicyclic) bond motifs is 1. The van der Waals surface area contributed by atoms with E-state index in [0.717, 1.165) is 24.8 Å². The molecule has 4 heteroatoms. The Morgan fingerprint density at radius 3 is 2.33 bits per heavy atom.